The van der Waals surface area contributed by atoms with Crippen molar-refractivity contribution >= 4 is 11.9 Å². The Hall–Kier alpha value is -2.25. The number of carboxylic acids is 1. The van der Waals surface area contributed by atoms with E-state index in [2.05, 4.69) is 5.32 Å². The number of benzene rings is 1. The van der Waals surface area contributed by atoms with Crippen LogP contribution in [0.15, 0.2) is 18.2 Å². The molecule has 0 saturated heterocycles. The lowest BCUT2D eigenvalue weighted by Crippen LogP contribution is -2.34. The second kappa shape index (κ2) is 6.25. The van der Waals surface area contributed by atoms with Gasteiger partial charge >= 0.3 is 12.1 Å². The number of rotatable bonds is 5. The van der Waals surface area contributed by atoms with Crippen molar-refractivity contribution in [3.05, 3.63) is 29.3 Å². The maximum atomic E-state index is 12.1. The van der Waals surface area contributed by atoms with Crippen LogP contribution in [0.5, 0.6) is 5.75 Å². The Bertz CT molecular complexity index is 586. The van der Waals surface area contributed by atoms with E-state index in [1.54, 1.807) is 12.1 Å². The molecule has 0 fully saturated rings. The van der Waals surface area contributed by atoms with Crippen molar-refractivity contribution in [2.75, 3.05) is 6.61 Å². The molecule has 1 heterocycles. The first kappa shape index (κ1) is 16.1. The van der Waals surface area contributed by atoms with Gasteiger partial charge in [0.25, 0.3) is 0 Å². The Kier molecular flexibility index (Phi) is 4.58. The van der Waals surface area contributed by atoms with Crippen molar-refractivity contribution in [2.45, 2.75) is 31.5 Å². The number of halogens is 3. The first-order valence-electron chi connectivity index (χ1n) is 6.61. The van der Waals surface area contributed by atoms with Gasteiger partial charge in [0.1, 0.15) is 5.75 Å². The first-order chi connectivity index (χ1) is 10.3. The number of carbonyl (C=O) groups is 2. The highest BCUT2D eigenvalue weighted by Gasteiger charge is 2.30. The Morgan fingerprint density at radius 1 is 1.36 bits per heavy atom. The number of alkyl halides is 3. The first-order valence-corrected chi connectivity index (χ1v) is 6.61. The fraction of sp³-hybridized carbons (Fsp3) is 0.429. The average molecular weight is 317 g/mol. The van der Waals surface area contributed by atoms with Gasteiger partial charge in [0.05, 0.1) is 13.0 Å². The lowest BCUT2D eigenvalue weighted by molar-refractivity contribution is -0.147. The second-order valence-electron chi connectivity index (χ2n) is 4.92. The summed E-state index contributed by atoms with van der Waals surface area (Å²) in [7, 11) is 0. The third-order valence-electron chi connectivity index (χ3n) is 3.23. The van der Waals surface area contributed by atoms with Crippen molar-refractivity contribution in [1.29, 1.82) is 0 Å². The zero-order valence-electron chi connectivity index (χ0n) is 11.4. The largest absolute Gasteiger partial charge is 0.493 e. The van der Waals surface area contributed by atoms with E-state index in [-0.39, 0.29) is 0 Å². The summed E-state index contributed by atoms with van der Waals surface area (Å²) in [6.07, 6.45) is -5.93. The average Bonchev–Trinajstić information content (AvgIpc) is 2.88. The second-order valence-corrected chi connectivity index (χ2v) is 4.92. The molecule has 22 heavy (non-hydrogen) atoms. The fourth-order valence-corrected chi connectivity index (χ4v) is 2.16. The summed E-state index contributed by atoms with van der Waals surface area (Å²) in [5, 5.41) is 11.3. The van der Waals surface area contributed by atoms with Crippen LogP contribution in [0.25, 0.3) is 0 Å². The van der Waals surface area contributed by atoms with E-state index < -0.39 is 36.9 Å². The van der Waals surface area contributed by atoms with Crippen LogP contribution < -0.4 is 10.1 Å². The van der Waals surface area contributed by atoms with Gasteiger partial charge in [-0.05, 0) is 23.3 Å². The molecule has 1 aliphatic rings. The predicted octanol–water partition coefficient (Wildman–Crippen LogP) is 2.21. The smallest absolute Gasteiger partial charge is 0.389 e. The number of ether oxygens (including phenoxy) is 1. The highest BCUT2D eigenvalue weighted by atomic mass is 19.4. The Morgan fingerprint density at radius 2 is 2.09 bits per heavy atom. The Labute approximate surface area is 124 Å². The highest BCUT2D eigenvalue weighted by Crippen LogP contribution is 2.28. The van der Waals surface area contributed by atoms with Gasteiger partial charge < -0.3 is 15.2 Å². The Balaban J connectivity index is 2.07. The van der Waals surface area contributed by atoms with E-state index in [1.165, 1.54) is 6.07 Å². The molecule has 1 unspecified atom stereocenters. The van der Waals surface area contributed by atoms with Crippen LogP contribution in [0.4, 0.5) is 13.2 Å². The molecule has 1 amide bonds. The van der Waals surface area contributed by atoms with Crippen LogP contribution in [-0.2, 0) is 16.0 Å². The van der Waals surface area contributed by atoms with Gasteiger partial charge in [-0.3, -0.25) is 4.79 Å². The van der Waals surface area contributed by atoms with Crippen LogP contribution in [0.1, 0.15) is 30.0 Å². The molecule has 1 aromatic rings. The molecule has 0 spiro atoms. The molecule has 1 aromatic carbocycles. The van der Waals surface area contributed by atoms with E-state index in [1.807, 2.05) is 0 Å². The van der Waals surface area contributed by atoms with Gasteiger partial charge in [0, 0.05) is 12.8 Å². The van der Waals surface area contributed by atoms with Crippen LogP contribution >= 0.6 is 0 Å². The molecular weight excluding hydrogens is 303 g/mol. The number of hydrogen-bond acceptors (Lipinski definition) is 3. The van der Waals surface area contributed by atoms with Crippen molar-refractivity contribution in [2.24, 2.45) is 0 Å². The molecule has 8 heteroatoms. The molecule has 0 aromatic heterocycles. The van der Waals surface area contributed by atoms with Crippen molar-refractivity contribution in [3.8, 4) is 5.75 Å². The molecule has 2 rings (SSSR count). The van der Waals surface area contributed by atoms with Gasteiger partial charge in [0.2, 0.25) is 5.91 Å². The zero-order chi connectivity index (χ0) is 16.3. The predicted molar refractivity (Wildman–Crippen MR) is 69.4 cm³/mol. The maximum Gasteiger partial charge on any atom is 0.389 e. The van der Waals surface area contributed by atoms with E-state index in [0.29, 0.717) is 24.3 Å². The van der Waals surface area contributed by atoms with Crippen LogP contribution in [0, 0.1) is 0 Å². The van der Waals surface area contributed by atoms with Gasteiger partial charge in [0.15, 0.2) is 6.04 Å². The van der Waals surface area contributed by atoms with Crippen LogP contribution in [0.3, 0.4) is 0 Å². The summed E-state index contributed by atoms with van der Waals surface area (Å²) in [6.45, 7) is 0.495. The molecule has 2 N–H and O–H groups in total. The minimum absolute atomic E-state index is 0.303. The number of carbonyl (C=O) groups excluding carboxylic acids is 1. The number of fused-ring (bicyclic) bond motifs is 1. The number of hydrogen-bond donors (Lipinski definition) is 2. The molecule has 0 radical (unpaired) electrons. The highest BCUT2D eigenvalue weighted by molar-refractivity contribution is 5.84. The molecular formula is C14H14F3NO4. The minimum atomic E-state index is -4.46. The number of aliphatic carboxylic acids is 1. The number of nitrogens with one attached hydrogen (secondary N) is 1. The third-order valence-corrected chi connectivity index (χ3v) is 3.23. The number of amides is 1. The quantitative estimate of drug-likeness (QED) is 0.873. The van der Waals surface area contributed by atoms with E-state index in [0.717, 1.165) is 5.56 Å². The topological polar surface area (TPSA) is 75.6 Å². The van der Waals surface area contributed by atoms with E-state index in [4.69, 9.17) is 4.74 Å². The molecule has 5 nitrogen and oxygen atoms in total. The van der Waals surface area contributed by atoms with E-state index in [9.17, 15) is 27.9 Å². The summed E-state index contributed by atoms with van der Waals surface area (Å²) in [6, 6.07) is 3.28. The summed E-state index contributed by atoms with van der Waals surface area (Å²) in [4.78, 5) is 22.8. The molecule has 0 bridgehead atoms. The van der Waals surface area contributed by atoms with Gasteiger partial charge in [-0.1, -0.05) is 6.07 Å². The van der Waals surface area contributed by atoms with Crippen molar-refractivity contribution in [1.82, 2.24) is 5.32 Å². The summed E-state index contributed by atoms with van der Waals surface area (Å²) < 4.78 is 41.5. The van der Waals surface area contributed by atoms with Gasteiger partial charge in [-0.15, -0.1) is 0 Å². The monoisotopic (exact) mass is 317 g/mol. The van der Waals surface area contributed by atoms with Crippen LogP contribution in [0.2, 0.25) is 0 Å². The lowest BCUT2D eigenvalue weighted by atomic mass is 10.0. The number of carboxylic acid groups (broad SMARTS) is 1. The molecule has 120 valence electrons. The summed E-state index contributed by atoms with van der Waals surface area (Å²) in [5.41, 5.74) is 1.12. The molecule has 1 aliphatic heterocycles. The normalized spacial score (nSPS) is 14.9. The van der Waals surface area contributed by atoms with E-state index >= 15 is 0 Å². The molecule has 0 aliphatic carbocycles. The minimum Gasteiger partial charge on any atom is -0.493 e. The maximum absolute atomic E-state index is 12.1. The zero-order valence-corrected chi connectivity index (χ0v) is 11.4. The SMILES string of the molecule is O=C(CCC(F)(F)F)NC(C(=O)O)c1ccc2c(c1)CCO2. The van der Waals surface area contributed by atoms with Crippen molar-refractivity contribution in [3.63, 3.8) is 0 Å². The molecule has 0 saturated carbocycles. The standard InChI is InChI=1S/C14H14F3NO4/c15-14(16,17)5-3-11(19)18-12(13(20)21)9-1-2-10-8(7-9)4-6-22-10/h1-2,7,12H,3-6H2,(H,18,19)(H,20,21). The third kappa shape index (κ3) is 4.12. The van der Waals surface area contributed by atoms with Crippen molar-refractivity contribution < 1.29 is 32.6 Å². The summed E-state index contributed by atoms with van der Waals surface area (Å²) in [5.74, 6) is -1.64. The summed E-state index contributed by atoms with van der Waals surface area (Å²) >= 11 is 0. The van der Waals surface area contributed by atoms with Crippen LogP contribution in [-0.4, -0.2) is 29.8 Å². The molecule has 1 atom stereocenters. The fourth-order valence-electron chi connectivity index (χ4n) is 2.16. The Morgan fingerprint density at radius 3 is 2.73 bits per heavy atom. The lowest BCUT2D eigenvalue weighted by Gasteiger charge is -2.16. The van der Waals surface area contributed by atoms with Gasteiger partial charge in [-0.25, -0.2) is 4.79 Å². The van der Waals surface area contributed by atoms with Gasteiger partial charge in [-0.2, -0.15) is 13.2 Å².